The zero-order chi connectivity index (χ0) is 12.1. The molecule has 2 aromatic carbocycles. The molecule has 0 aliphatic rings. The molecule has 1 nitrogen and oxygen atoms in total. The maximum Gasteiger partial charge on any atom is 0.127 e. The SMILES string of the molecule is C.C=C(OC(=C)c1ccccc1)c1ccccc1. The molecule has 0 aliphatic carbocycles. The van der Waals surface area contributed by atoms with E-state index in [0.29, 0.717) is 11.5 Å². The first kappa shape index (κ1) is 13.8. The van der Waals surface area contributed by atoms with Gasteiger partial charge in [-0.05, 0) is 0 Å². The van der Waals surface area contributed by atoms with Crippen molar-refractivity contribution in [2.45, 2.75) is 7.43 Å². The Labute approximate surface area is 109 Å². The number of hydrogen-bond acceptors (Lipinski definition) is 1. The first-order valence-electron chi connectivity index (χ1n) is 5.44. The molecule has 0 aliphatic heterocycles. The van der Waals surface area contributed by atoms with E-state index in [0.717, 1.165) is 11.1 Å². The largest absolute Gasteiger partial charge is 0.457 e. The van der Waals surface area contributed by atoms with Gasteiger partial charge in [-0.25, -0.2) is 0 Å². The number of ether oxygens (including phenoxy) is 1. The second-order valence-corrected chi connectivity index (χ2v) is 3.68. The van der Waals surface area contributed by atoms with Crippen LogP contribution >= 0.6 is 0 Å². The van der Waals surface area contributed by atoms with Crippen molar-refractivity contribution in [1.82, 2.24) is 0 Å². The third-order valence-corrected chi connectivity index (χ3v) is 2.44. The standard InChI is InChI=1S/C16H14O.CH4/c1-13(15-9-5-3-6-10-15)17-14(2)16-11-7-4-8-12-16;/h3-12H,1-2H2;1H4. The van der Waals surface area contributed by atoms with Crippen LogP contribution < -0.4 is 0 Å². The molecule has 0 saturated heterocycles. The molecule has 0 amide bonds. The van der Waals surface area contributed by atoms with Crippen LogP contribution in [0.2, 0.25) is 0 Å². The molecule has 0 aromatic heterocycles. The predicted octanol–water partition coefficient (Wildman–Crippen LogP) is 4.98. The van der Waals surface area contributed by atoms with Crippen LogP contribution in [0.25, 0.3) is 11.5 Å². The van der Waals surface area contributed by atoms with E-state index < -0.39 is 0 Å². The molecule has 2 rings (SSSR count). The summed E-state index contributed by atoms with van der Waals surface area (Å²) in [4.78, 5) is 0. The summed E-state index contributed by atoms with van der Waals surface area (Å²) in [7, 11) is 0. The van der Waals surface area contributed by atoms with Crippen molar-refractivity contribution < 1.29 is 4.74 Å². The molecule has 0 radical (unpaired) electrons. The molecule has 92 valence electrons. The van der Waals surface area contributed by atoms with Gasteiger partial charge in [0.15, 0.2) is 0 Å². The molecule has 0 unspecified atom stereocenters. The topological polar surface area (TPSA) is 9.23 Å². The maximum absolute atomic E-state index is 5.63. The second kappa shape index (κ2) is 6.45. The predicted molar refractivity (Wildman–Crippen MR) is 78.8 cm³/mol. The number of rotatable bonds is 4. The molecule has 0 N–H and O–H groups in total. The van der Waals surface area contributed by atoms with Crippen LogP contribution in [0, 0.1) is 0 Å². The van der Waals surface area contributed by atoms with E-state index in [9.17, 15) is 0 Å². The third-order valence-electron chi connectivity index (χ3n) is 2.44. The van der Waals surface area contributed by atoms with E-state index in [1.165, 1.54) is 0 Å². The zero-order valence-electron chi connectivity index (χ0n) is 9.60. The highest BCUT2D eigenvalue weighted by Crippen LogP contribution is 2.22. The average Bonchev–Trinajstić information content (AvgIpc) is 2.40. The fourth-order valence-corrected chi connectivity index (χ4v) is 1.51. The van der Waals surface area contributed by atoms with Crippen LogP contribution in [0.15, 0.2) is 73.8 Å². The van der Waals surface area contributed by atoms with Gasteiger partial charge < -0.3 is 4.74 Å². The van der Waals surface area contributed by atoms with Gasteiger partial charge in [-0.3, -0.25) is 0 Å². The zero-order valence-corrected chi connectivity index (χ0v) is 9.60. The Balaban J connectivity index is 0.00000162. The highest BCUT2D eigenvalue weighted by atomic mass is 16.5. The Morgan fingerprint density at radius 2 is 1.00 bits per heavy atom. The minimum atomic E-state index is 0. The van der Waals surface area contributed by atoms with Gasteiger partial charge in [-0.1, -0.05) is 81.2 Å². The van der Waals surface area contributed by atoms with Gasteiger partial charge in [0.1, 0.15) is 11.5 Å². The summed E-state index contributed by atoms with van der Waals surface area (Å²) >= 11 is 0. The first-order valence-corrected chi connectivity index (χ1v) is 5.44. The third kappa shape index (κ3) is 3.36. The highest BCUT2D eigenvalue weighted by molar-refractivity contribution is 5.67. The van der Waals surface area contributed by atoms with Crippen molar-refractivity contribution in [2.24, 2.45) is 0 Å². The van der Waals surface area contributed by atoms with Crippen LogP contribution in [-0.2, 0) is 4.74 Å². The molecule has 0 atom stereocenters. The van der Waals surface area contributed by atoms with E-state index in [1.807, 2.05) is 60.7 Å². The van der Waals surface area contributed by atoms with Gasteiger partial charge >= 0.3 is 0 Å². The minimum absolute atomic E-state index is 0. The van der Waals surface area contributed by atoms with Crippen molar-refractivity contribution in [3.8, 4) is 0 Å². The van der Waals surface area contributed by atoms with Crippen molar-refractivity contribution in [3.63, 3.8) is 0 Å². The lowest BCUT2D eigenvalue weighted by atomic mass is 10.2. The van der Waals surface area contributed by atoms with E-state index in [1.54, 1.807) is 0 Å². The monoisotopic (exact) mass is 238 g/mol. The molecule has 0 bridgehead atoms. The molecular formula is C17H18O. The Morgan fingerprint density at radius 1 is 0.667 bits per heavy atom. The summed E-state index contributed by atoms with van der Waals surface area (Å²) in [6.45, 7) is 7.81. The summed E-state index contributed by atoms with van der Waals surface area (Å²) in [5.41, 5.74) is 1.93. The fraction of sp³-hybridized carbons (Fsp3) is 0.0588. The normalized spacial score (nSPS) is 9.11. The van der Waals surface area contributed by atoms with Crippen LogP contribution in [0.3, 0.4) is 0 Å². The fourth-order valence-electron chi connectivity index (χ4n) is 1.51. The van der Waals surface area contributed by atoms with Gasteiger partial charge in [-0.2, -0.15) is 0 Å². The lowest BCUT2D eigenvalue weighted by molar-refractivity contribution is 0.474. The van der Waals surface area contributed by atoms with Crippen LogP contribution in [0.1, 0.15) is 18.6 Å². The maximum atomic E-state index is 5.63. The quantitative estimate of drug-likeness (QED) is 0.682. The van der Waals surface area contributed by atoms with E-state index >= 15 is 0 Å². The highest BCUT2D eigenvalue weighted by Gasteiger charge is 2.03. The van der Waals surface area contributed by atoms with Gasteiger partial charge in [0.2, 0.25) is 0 Å². The summed E-state index contributed by atoms with van der Waals surface area (Å²) in [6, 6.07) is 19.6. The van der Waals surface area contributed by atoms with Gasteiger partial charge in [0.05, 0.1) is 0 Å². The second-order valence-electron chi connectivity index (χ2n) is 3.68. The summed E-state index contributed by atoms with van der Waals surface area (Å²) in [5.74, 6) is 1.22. The Kier molecular flexibility index (Phi) is 4.94. The smallest absolute Gasteiger partial charge is 0.127 e. The molecule has 0 saturated carbocycles. The average molecular weight is 238 g/mol. The minimum Gasteiger partial charge on any atom is -0.457 e. The summed E-state index contributed by atoms with van der Waals surface area (Å²) in [6.07, 6.45) is 0. The molecule has 0 spiro atoms. The van der Waals surface area contributed by atoms with Gasteiger partial charge in [0.25, 0.3) is 0 Å². The summed E-state index contributed by atoms with van der Waals surface area (Å²) < 4.78 is 5.63. The van der Waals surface area contributed by atoms with E-state index in [4.69, 9.17) is 4.74 Å². The van der Waals surface area contributed by atoms with E-state index in [2.05, 4.69) is 13.2 Å². The van der Waals surface area contributed by atoms with Crippen molar-refractivity contribution in [2.75, 3.05) is 0 Å². The van der Waals surface area contributed by atoms with E-state index in [-0.39, 0.29) is 7.43 Å². The lowest BCUT2D eigenvalue weighted by Gasteiger charge is -2.11. The number of benzene rings is 2. The summed E-state index contributed by atoms with van der Waals surface area (Å²) in [5, 5.41) is 0. The molecule has 1 heteroatoms. The van der Waals surface area contributed by atoms with Gasteiger partial charge in [0, 0.05) is 11.1 Å². The van der Waals surface area contributed by atoms with Crippen molar-refractivity contribution in [3.05, 3.63) is 84.9 Å². The Bertz CT molecular complexity index is 462. The molecular weight excluding hydrogens is 220 g/mol. The van der Waals surface area contributed by atoms with Crippen LogP contribution in [0.5, 0.6) is 0 Å². The van der Waals surface area contributed by atoms with Crippen LogP contribution in [-0.4, -0.2) is 0 Å². The Morgan fingerprint density at radius 3 is 1.33 bits per heavy atom. The molecule has 0 fully saturated rings. The molecule has 0 heterocycles. The molecule has 2 aromatic rings. The van der Waals surface area contributed by atoms with Crippen LogP contribution in [0.4, 0.5) is 0 Å². The number of hydrogen-bond donors (Lipinski definition) is 0. The molecule has 18 heavy (non-hydrogen) atoms. The Hall–Kier alpha value is -2.28. The van der Waals surface area contributed by atoms with Gasteiger partial charge in [-0.15, -0.1) is 0 Å². The van der Waals surface area contributed by atoms with Crippen molar-refractivity contribution in [1.29, 1.82) is 0 Å². The lowest BCUT2D eigenvalue weighted by Crippen LogP contribution is -1.90. The van der Waals surface area contributed by atoms with Crippen molar-refractivity contribution >= 4 is 11.5 Å². The first-order chi connectivity index (χ1) is 8.27.